The first-order valence-electron chi connectivity index (χ1n) is 9.48. The van der Waals surface area contributed by atoms with Gasteiger partial charge in [0, 0.05) is 24.0 Å². The lowest BCUT2D eigenvalue weighted by atomic mass is 9.70. The number of benzene rings is 1. The van der Waals surface area contributed by atoms with Crippen LogP contribution in [-0.2, 0) is 19.1 Å². The van der Waals surface area contributed by atoms with Crippen molar-refractivity contribution in [3.05, 3.63) is 52.6 Å². The summed E-state index contributed by atoms with van der Waals surface area (Å²) in [5.41, 5.74) is 6.96. The van der Waals surface area contributed by atoms with Gasteiger partial charge < -0.3 is 19.9 Å². The number of nitrogens with two attached hydrogens (primary N) is 1. The van der Waals surface area contributed by atoms with Gasteiger partial charge in [-0.3, -0.25) is 4.79 Å². The minimum Gasteiger partial charge on any atom is -0.482 e. The highest BCUT2D eigenvalue weighted by atomic mass is 16.6. The molecule has 0 aromatic heterocycles. The summed E-state index contributed by atoms with van der Waals surface area (Å²) in [5, 5.41) is 9.73. The van der Waals surface area contributed by atoms with E-state index >= 15 is 0 Å². The maximum absolute atomic E-state index is 13.0. The number of ketones is 1. The Morgan fingerprint density at radius 1 is 1.34 bits per heavy atom. The Kier molecular flexibility index (Phi) is 5.64. The van der Waals surface area contributed by atoms with Crippen molar-refractivity contribution >= 4 is 11.8 Å². The van der Waals surface area contributed by atoms with Gasteiger partial charge in [0.25, 0.3) is 0 Å². The SMILES string of the molecule is CCOC(=O)COc1ccccc1[C@H]1C(C#N)=C(N)OC2=C1C(=O)CC(C)(C)C2. The van der Waals surface area contributed by atoms with Crippen LogP contribution in [0.5, 0.6) is 5.75 Å². The Balaban J connectivity index is 2.06. The Morgan fingerprint density at radius 2 is 2.07 bits per heavy atom. The van der Waals surface area contributed by atoms with E-state index < -0.39 is 11.9 Å². The van der Waals surface area contributed by atoms with Crippen molar-refractivity contribution in [2.75, 3.05) is 13.2 Å². The van der Waals surface area contributed by atoms with Crippen molar-refractivity contribution in [3.8, 4) is 11.8 Å². The molecule has 152 valence electrons. The van der Waals surface area contributed by atoms with Crippen molar-refractivity contribution in [2.45, 2.75) is 39.5 Å². The first-order valence-corrected chi connectivity index (χ1v) is 9.48. The van der Waals surface area contributed by atoms with Crippen molar-refractivity contribution < 1.29 is 23.8 Å². The quantitative estimate of drug-likeness (QED) is 0.761. The van der Waals surface area contributed by atoms with Crippen LogP contribution in [0.15, 0.2) is 47.1 Å². The predicted octanol–water partition coefficient (Wildman–Crippen LogP) is 3.08. The fourth-order valence-electron chi connectivity index (χ4n) is 3.79. The summed E-state index contributed by atoms with van der Waals surface area (Å²) in [5.74, 6) is -0.417. The van der Waals surface area contributed by atoms with Crippen LogP contribution < -0.4 is 10.5 Å². The van der Waals surface area contributed by atoms with Gasteiger partial charge in [0.2, 0.25) is 5.88 Å². The third kappa shape index (κ3) is 4.11. The first-order chi connectivity index (χ1) is 13.8. The lowest BCUT2D eigenvalue weighted by Crippen LogP contribution is -2.33. The van der Waals surface area contributed by atoms with Crippen molar-refractivity contribution in [1.82, 2.24) is 0 Å². The van der Waals surface area contributed by atoms with E-state index in [1.807, 2.05) is 13.8 Å². The summed E-state index contributed by atoms with van der Waals surface area (Å²) >= 11 is 0. The van der Waals surface area contributed by atoms with Crippen LogP contribution in [0.3, 0.4) is 0 Å². The van der Waals surface area contributed by atoms with Crippen LogP contribution in [0.4, 0.5) is 0 Å². The van der Waals surface area contributed by atoms with Gasteiger partial charge >= 0.3 is 5.97 Å². The second-order valence-corrected chi connectivity index (χ2v) is 7.83. The zero-order valence-electron chi connectivity index (χ0n) is 16.8. The topological polar surface area (TPSA) is 112 Å². The van der Waals surface area contributed by atoms with E-state index in [9.17, 15) is 14.9 Å². The number of allylic oxidation sites excluding steroid dienone is 3. The molecule has 0 spiro atoms. The van der Waals surface area contributed by atoms with Gasteiger partial charge in [-0.05, 0) is 18.4 Å². The molecule has 0 fully saturated rings. The smallest absolute Gasteiger partial charge is 0.344 e. The zero-order valence-corrected chi connectivity index (χ0v) is 16.8. The summed E-state index contributed by atoms with van der Waals surface area (Å²) in [6, 6.07) is 9.07. The zero-order chi connectivity index (χ0) is 21.2. The van der Waals surface area contributed by atoms with Gasteiger partial charge in [-0.2, -0.15) is 5.26 Å². The van der Waals surface area contributed by atoms with Gasteiger partial charge in [0.1, 0.15) is 23.2 Å². The molecule has 29 heavy (non-hydrogen) atoms. The molecule has 7 heteroatoms. The number of esters is 1. The number of ether oxygens (including phenoxy) is 3. The minimum atomic E-state index is -0.703. The van der Waals surface area contributed by atoms with Crippen LogP contribution in [0.2, 0.25) is 0 Å². The lowest BCUT2D eigenvalue weighted by Gasteiger charge is -2.37. The van der Waals surface area contributed by atoms with Crippen LogP contribution in [0.25, 0.3) is 0 Å². The minimum absolute atomic E-state index is 0.0121. The van der Waals surface area contributed by atoms with E-state index in [1.54, 1.807) is 31.2 Å². The van der Waals surface area contributed by atoms with Crippen molar-refractivity contribution in [2.24, 2.45) is 11.1 Å². The number of carbonyl (C=O) groups is 2. The maximum Gasteiger partial charge on any atom is 0.344 e. The van der Waals surface area contributed by atoms with Gasteiger partial charge in [-0.15, -0.1) is 0 Å². The molecule has 0 radical (unpaired) electrons. The van der Waals surface area contributed by atoms with Gasteiger partial charge in [0.15, 0.2) is 12.4 Å². The Hall–Kier alpha value is -3.27. The van der Waals surface area contributed by atoms with Gasteiger partial charge in [-0.1, -0.05) is 32.0 Å². The van der Waals surface area contributed by atoms with Crippen molar-refractivity contribution in [1.29, 1.82) is 5.26 Å². The molecule has 7 nitrogen and oxygen atoms in total. The van der Waals surface area contributed by atoms with Crippen LogP contribution in [0.1, 0.15) is 45.1 Å². The fraction of sp³-hybridized carbons (Fsp3) is 0.409. The molecule has 2 aliphatic rings. The number of carbonyl (C=O) groups excluding carboxylic acids is 2. The first kappa shape index (κ1) is 20.5. The summed E-state index contributed by atoms with van der Waals surface area (Å²) in [6.45, 7) is 5.67. The maximum atomic E-state index is 13.0. The molecule has 0 bridgehead atoms. The molecule has 0 saturated heterocycles. The Bertz CT molecular complexity index is 952. The molecule has 1 aromatic carbocycles. The molecular weight excluding hydrogens is 372 g/mol. The average molecular weight is 396 g/mol. The molecule has 1 heterocycles. The second-order valence-electron chi connectivity index (χ2n) is 7.83. The van der Waals surface area contributed by atoms with Crippen LogP contribution in [-0.4, -0.2) is 25.0 Å². The number of hydrogen-bond donors (Lipinski definition) is 1. The molecular formula is C22H24N2O5. The van der Waals surface area contributed by atoms with E-state index in [4.69, 9.17) is 19.9 Å². The standard InChI is InChI=1S/C22H24N2O5/c1-4-27-18(26)12-28-16-8-6-5-7-13(16)19-14(11-23)21(24)29-17-10-22(2,3)9-15(25)20(17)19/h5-8,19H,4,9-10,12,24H2,1-3H3/t19-/m0/s1. The summed E-state index contributed by atoms with van der Waals surface area (Å²) in [4.78, 5) is 24.7. The predicted molar refractivity (Wildman–Crippen MR) is 104 cm³/mol. The normalized spacial score (nSPS) is 20.5. The number of nitrogens with zero attached hydrogens (tertiary/aromatic N) is 1. The highest BCUT2D eigenvalue weighted by Gasteiger charge is 2.43. The molecule has 1 atom stereocenters. The van der Waals surface area contributed by atoms with E-state index in [0.29, 0.717) is 35.5 Å². The molecule has 2 N–H and O–H groups in total. The largest absolute Gasteiger partial charge is 0.482 e. The lowest BCUT2D eigenvalue weighted by molar-refractivity contribution is -0.145. The molecule has 1 aromatic rings. The van der Waals surface area contributed by atoms with E-state index in [2.05, 4.69) is 6.07 Å². The monoisotopic (exact) mass is 396 g/mol. The van der Waals surface area contributed by atoms with Crippen molar-refractivity contribution in [3.63, 3.8) is 0 Å². The third-order valence-electron chi connectivity index (χ3n) is 4.96. The van der Waals surface area contributed by atoms with E-state index in [0.717, 1.165) is 0 Å². The van der Waals surface area contributed by atoms with E-state index in [1.165, 1.54) is 0 Å². The summed E-state index contributed by atoms with van der Waals surface area (Å²) in [7, 11) is 0. The molecule has 3 rings (SSSR count). The Morgan fingerprint density at radius 3 is 2.76 bits per heavy atom. The second kappa shape index (κ2) is 8.00. The molecule has 1 aliphatic carbocycles. The average Bonchev–Trinajstić information content (AvgIpc) is 2.64. The fourth-order valence-corrected chi connectivity index (χ4v) is 3.79. The van der Waals surface area contributed by atoms with Gasteiger partial charge in [-0.25, -0.2) is 4.79 Å². The highest BCUT2D eigenvalue weighted by molar-refractivity contribution is 6.00. The number of nitriles is 1. The molecule has 0 saturated carbocycles. The number of hydrogen-bond acceptors (Lipinski definition) is 7. The van der Waals surface area contributed by atoms with E-state index in [-0.39, 0.29) is 35.9 Å². The Labute approximate surface area is 169 Å². The highest BCUT2D eigenvalue weighted by Crippen LogP contribution is 2.49. The number of rotatable bonds is 5. The van der Waals surface area contributed by atoms with Gasteiger partial charge in [0.05, 0.1) is 12.5 Å². The molecule has 0 unspecified atom stereocenters. The molecule has 0 amide bonds. The van der Waals surface area contributed by atoms with Crippen LogP contribution in [0, 0.1) is 16.7 Å². The third-order valence-corrected chi connectivity index (χ3v) is 4.96. The van der Waals surface area contributed by atoms with Crippen LogP contribution >= 0.6 is 0 Å². The summed E-state index contributed by atoms with van der Waals surface area (Å²) in [6.07, 6.45) is 0.881. The molecule has 1 aliphatic heterocycles. The number of para-hydroxylation sites is 1. The summed E-state index contributed by atoms with van der Waals surface area (Å²) < 4.78 is 16.3. The number of Topliss-reactive ketones (excluding diaryl/α,β-unsaturated/α-hetero) is 1.